The molecule has 0 bridgehead atoms. The summed E-state index contributed by atoms with van der Waals surface area (Å²) in [6, 6.07) is 6.24. The molecule has 0 radical (unpaired) electrons. The summed E-state index contributed by atoms with van der Waals surface area (Å²) in [5.74, 6) is -1.11. The van der Waals surface area contributed by atoms with Crippen molar-refractivity contribution in [2.24, 2.45) is 0 Å². The topological polar surface area (TPSA) is 102 Å². The van der Waals surface area contributed by atoms with Crippen LogP contribution < -0.4 is 5.73 Å². The number of esters is 1. The van der Waals surface area contributed by atoms with E-state index in [2.05, 4.69) is 4.98 Å². The number of nitrogen functional groups attached to an aromatic ring is 1. The number of benzene rings is 1. The molecule has 0 saturated heterocycles. The molecule has 0 aliphatic carbocycles. The van der Waals surface area contributed by atoms with Gasteiger partial charge in [0.15, 0.2) is 11.9 Å². The second-order valence-electron chi connectivity index (χ2n) is 5.71. The Morgan fingerprint density at radius 2 is 1.71 bits per heavy atom. The van der Waals surface area contributed by atoms with Crippen molar-refractivity contribution < 1.29 is 19.1 Å². The Bertz CT molecular complexity index is 803. The fourth-order valence-corrected chi connectivity index (χ4v) is 2.63. The molecule has 1 aromatic heterocycles. The van der Waals surface area contributed by atoms with Gasteiger partial charge in [-0.15, -0.1) is 0 Å². The Hall–Kier alpha value is -2.89. The van der Waals surface area contributed by atoms with Gasteiger partial charge < -0.3 is 15.5 Å². The van der Waals surface area contributed by atoms with E-state index in [9.17, 15) is 14.4 Å². The zero-order chi connectivity index (χ0) is 18.0. The van der Waals surface area contributed by atoms with Crippen LogP contribution >= 0.6 is 0 Å². The lowest BCUT2D eigenvalue weighted by atomic mass is 10.0. The molecular weight excluding hydrogens is 308 g/mol. The molecule has 0 amide bonds. The maximum absolute atomic E-state index is 12.5. The molecule has 126 valence electrons. The number of rotatable bonds is 5. The highest BCUT2D eigenvalue weighted by molar-refractivity contribution is 6.05. The largest absolute Gasteiger partial charge is 0.451 e. The first kappa shape index (κ1) is 17.5. The van der Waals surface area contributed by atoms with Gasteiger partial charge in [0, 0.05) is 16.9 Å². The number of carbonyl (C=O) groups is 3. The third-order valence-electron chi connectivity index (χ3n) is 3.84. The van der Waals surface area contributed by atoms with Gasteiger partial charge in [0.05, 0.1) is 11.3 Å². The number of aromatic amines is 1. The van der Waals surface area contributed by atoms with Crippen molar-refractivity contribution in [2.75, 3.05) is 5.73 Å². The number of hydrogen-bond acceptors (Lipinski definition) is 5. The Kier molecular flexibility index (Phi) is 4.87. The lowest BCUT2D eigenvalue weighted by Gasteiger charge is -2.12. The molecule has 0 aliphatic rings. The molecule has 1 heterocycles. The van der Waals surface area contributed by atoms with E-state index in [1.165, 1.54) is 26.0 Å². The molecule has 1 aromatic carbocycles. The van der Waals surface area contributed by atoms with Crippen LogP contribution in [0.3, 0.4) is 0 Å². The predicted octanol–water partition coefficient (Wildman–Crippen LogP) is 2.84. The van der Waals surface area contributed by atoms with Crippen LogP contribution in [0.4, 0.5) is 5.69 Å². The van der Waals surface area contributed by atoms with Crippen LogP contribution in [0.15, 0.2) is 24.3 Å². The van der Waals surface area contributed by atoms with Crippen LogP contribution in [0.25, 0.3) is 0 Å². The monoisotopic (exact) mass is 328 g/mol. The maximum Gasteiger partial charge on any atom is 0.338 e. The number of aryl methyl sites for hydroxylation is 1. The van der Waals surface area contributed by atoms with E-state index in [0.29, 0.717) is 28.1 Å². The SMILES string of the molecule is CC(=O)c1c(C)[nH]c(C(=O)[C@H](C)OC(=O)c2ccc(N)cc2)c1C. The van der Waals surface area contributed by atoms with Crippen molar-refractivity contribution in [3.8, 4) is 0 Å². The van der Waals surface area contributed by atoms with E-state index in [-0.39, 0.29) is 17.3 Å². The van der Waals surface area contributed by atoms with Crippen molar-refractivity contribution in [3.63, 3.8) is 0 Å². The van der Waals surface area contributed by atoms with E-state index in [1.54, 1.807) is 26.0 Å². The van der Waals surface area contributed by atoms with Gasteiger partial charge in [0.2, 0.25) is 5.78 Å². The number of nitrogens with one attached hydrogen (secondary N) is 1. The average molecular weight is 328 g/mol. The number of hydrogen-bond donors (Lipinski definition) is 2. The Morgan fingerprint density at radius 3 is 2.21 bits per heavy atom. The molecule has 0 unspecified atom stereocenters. The van der Waals surface area contributed by atoms with Gasteiger partial charge in [0.25, 0.3) is 0 Å². The molecule has 3 N–H and O–H groups in total. The fourth-order valence-electron chi connectivity index (χ4n) is 2.63. The Morgan fingerprint density at radius 1 is 1.12 bits per heavy atom. The molecule has 24 heavy (non-hydrogen) atoms. The number of ketones is 2. The van der Waals surface area contributed by atoms with Crippen molar-refractivity contribution >= 4 is 23.2 Å². The second-order valence-corrected chi connectivity index (χ2v) is 5.71. The number of H-pyrrole nitrogens is 1. The number of anilines is 1. The summed E-state index contributed by atoms with van der Waals surface area (Å²) in [6.45, 7) is 6.37. The molecule has 2 aromatic rings. The number of carbonyl (C=O) groups excluding carboxylic acids is 3. The normalized spacial score (nSPS) is 11.8. The minimum absolute atomic E-state index is 0.119. The highest BCUT2D eigenvalue weighted by Gasteiger charge is 2.26. The molecule has 0 fully saturated rings. The summed E-state index contributed by atoms with van der Waals surface area (Å²) in [4.78, 5) is 39.2. The Labute approximate surface area is 140 Å². The van der Waals surface area contributed by atoms with Gasteiger partial charge in [-0.25, -0.2) is 4.79 Å². The van der Waals surface area contributed by atoms with Crippen LogP contribution in [0, 0.1) is 13.8 Å². The van der Waals surface area contributed by atoms with Crippen molar-refractivity contribution in [1.82, 2.24) is 4.98 Å². The van der Waals surface area contributed by atoms with Crippen LogP contribution in [0.5, 0.6) is 0 Å². The van der Waals surface area contributed by atoms with E-state index < -0.39 is 12.1 Å². The number of nitrogens with two attached hydrogens (primary N) is 1. The minimum Gasteiger partial charge on any atom is -0.451 e. The van der Waals surface area contributed by atoms with Crippen molar-refractivity contribution in [2.45, 2.75) is 33.8 Å². The first-order chi connectivity index (χ1) is 11.2. The number of aromatic nitrogens is 1. The third kappa shape index (κ3) is 3.37. The van der Waals surface area contributed by atoms with Crippen molar-refractivity contribution in [1.29, 1.82) is 0 Å². The van der Waals surface area contributed by atoms with Gasteiger partial charge >= 0.3 is 5.97 Å². The lowest BCUT2D eigenvalue weighted by molar-refractivity contribution is 0.0317. The first-order valence-corrected chi connectivity index (χ1v) is 7.53. The highest BCUT2D eigenvalue weighted by atomic mass is 16.5. The summed E-state index contributed by atoms with van der Waals surface area (Å²) >= 11 is 0. The molecule has 0 aliphatic heterocycles. The molecule has 0 spiro atoms. The lowest BCUT2D eigenvalue weighted by Crippen LogP contribution is -2.25. The van der Waals surface area contributed by atoms with Crippen LogP contribution in [0.1, 0.15) is 56.3 Å². The van der Waals surface area contributed by atoms with Crippen LogP contribution in [0.2, 0.25) is 0 Å². The molecule has 6 heteroatoms. The molecule has 6 nitrogen and oxygen atoms in total. The molecule has 2 rings (SSSR count). The van der Waals surface area contributed by atoms with E-state index in [4.69, 9.17) is 10.5 Å². The highest BCUT2D eigenvalue weighted by Crippen LogP contribution is 2.20. The summed E-state index contributed by atoms with van der Waals surface area (Å²) in [6.07, 6.45) is -0.980. The summed E-state index contributed by atoms with van der Waals surface area (Å²) < 4.78 is 5.22. The zero-order valence-corrected chi connectivity index (χ0v) is 14.1. The Balaban J connectivity index is 2.18. The smallest absolute Gasteiger partial charge is 0.338 e. The molecule has 0 saturated carbocycles. The quantitative estimate of drug-likeness (QED) is 0.499. The summed E-state index contributed by atoms with van der Waals surface area (Å²) in [5.41, 5.74) is 8.40. The summed E-state index contributed by atoms with van der Waals surface area (Å²) in [5, 5.41) is 0. The zero-order valence-electron chi connectivity index (χ0n) is 14.1. The van der Waals surface area contributed by atoms with E-state index in [0.717, 1.165) is 0 Å². The average Bonchev–Trinajstić information content (AvgIpc) is 2.81. The first-order valence-electron chi connectivity index (χ1n) is 7.53. The van der Waals surface area contributed by atoms with Gasteiger partial charge in [-0.1, -0.05) is 0 Å². The molecule has 1 atom stereocenters. The maximum atomic E-state index is 12.5. The number of ether oxygens (including phenoxy) is 1. The van der Waals surface area contributed by atoms with Gasteiger partial charge in [-0.3, -0.25) is 9.59 Å². The molecular formula is C18H20N2O4. The van der Waals surface area contributed by atoms with E-state index >= 15 is 0 Å². The van der Waals surface area contributed by atoms with Gasteiger partial charge in [-0.2, -0.15) is 0 Å². The fraction of sp³-hybridized carbons (Fsp3) is 0.278. The van der Waals surface area contributed by atoms with E-state index in [1.807, 2.05) is 0 Å². The predicted molar refractivity (Wildman–Crippen MR) is 90.3 cm³/mol. The third-order valence-corrected chi connectivity index (χ3v) is 3.84. The number of Topliss-reactive ketones (excluding diaryl/α,β-unsaturated/α-hetero) is 2. The van der Waals surface area contributed by atoms with Crippen LogP contribution in [-0.4, -0.2) is 28.6 Å². The van der Waals surface area contributed by atoms with Crippen molar-refractivity contribution in [3.05, 3.63) is 52.3 Å². The van der Waals surface area contributed by atoms with Crippen LogP contribution in [-0.2, 0) is 4.74 Å². The van der Waals surface area contributed by atoms with Gasteiger partial charge in [0.1, 0.15) is 0 Å². The second kappa shape index (κ2) is 6.70. The van der Waals surface area contributed by atoms with Gasteiger partial charge in [-0.05, 0) is 57.5 Å². The summed E-state index contributed by atoms with van der Waals surface area (Å²) in [7, 11) is 0. The standard InChI is InChI=1S/C18H20N2O4/c1-9-15(11(3)21)10(2)20-16(9)17(22)12(4)24-18(23)13-5-7-14(19)8-6-13/h5-8,12,20H,19H2,1-4H3/t12-/m0/s1. The minimum atomic E-state index is -0.980.